The number of aromatic hydroxyl groups is 1. The standard InChI is InChI=1S/C16H20BNO3/c1-10-8-14(19)12-9-11(6-7-13(12)18-10)17-20-15(2,3)16(4,5)21-17/h6-9H,1-5H3,(H,18,19). The largest absolute Gasteiger partial charge is 0.507 e. The third-order valence-electron chi connectivity index (χ3n) is 4.46. The maximum Gasteiger partial charge on any atom is 0.494 e. The Morgan fingerprint density at radius 1 is 1.05 bits per heavy atom. The van der Waals surface area contributed by atoms with E-state index in [1.165, 1.54) is 0 Å². The van der Waals surface area contributed by atoms with Crippen molar-refractivity contribution in [1.29, 1.82) is 0 Å². The number of pyridine rings is 1. The van der Waals surface area contributed by atoms with Crippen molar-refractivity contribution in [3.05, 3.63) is 30.0 Å². The monoisotopic (exact) mass is 285 g/mol. The van der Waals surface area contributed by atoms with Gasteiger partial charge in [-0.25, -0.2) is 0 Å². The molecule has 0 unspecified atom stereocenters. The highest BCUT2D eigenvalue weighted by Crippen LogP contribution is 2.36. The highest BCUT2D eigenvalue weighted by Gasteiger charge is 2.51. The second-order valence-electron chi connectivity index (χ2n) is 6.65. The highest BCUT2D eigenvalue weighted by atomic mass is 16.7. The topological polar surface area (TPSA) is 51.6 Å². The number of fused-ring (bicyclic) bond motifs is 1. The molecule has 2 heterocycles. The van der Waals surface area contributed by atoms with Gasteiger partial charge in [-0.15, -0.1) is 0 Å². The first kappa shape index (κ1) is 14.4. The molecule has 5 heteroatoms. The van der Waals surface area contributed by atoms with Crippen LogP contribution in [0.1, 0.15) is 33.4 Å². The number of hydrogen-bond acceptors (Lipinski definition) is 4. The van der Waals surface area contributed by atoms with Gasteiger partial charge in [0, 0.05) is 17.1 Å². The van der Waals surface area contributed by atoms with E-state index in [0.29, 0.717) is 5.39 Å². The minimum Gasteiger partial charge on any atom is -0.507 e. The summed E-state index contributed by atoms with van der Waals surface area (Å²) in [7, 11) is -0.430. The van der Waals surface area contributed by atoms with Gasteiger partial charge in [0.25, 0.3) is 0 Å². The number of aryl methyl sites for hydroxylation is 1. The van der Waals surface area contributed by atoms with Crippen molar-refractivity contribution < 1.29 is 14.4 Å². The first-order valence-corrected chi connectivity index (χ1v) is 7.15. The van der Waals surface area contributed by atoms with Crippen molar-refractivity contribution in [3.63, 3.8) is 0 Å². The zero-order valence-corrected chi connectivity index (χ0v) is 13.1. The molecule has 4 nitrogen and oxygen atoms in total. The van der Waals surface area contributed by atoms with Crippen LogP contribution >= 0.6 is 0 Å². The summed E-state index contributed by atoms with van der Waals surface area (Å²) in [6.07, 6.45) is 0. The molecule has 0 spiro atoms. The molecular formula is C16H20BNO3. The van der Waals surface area contributed by atoms with Crippen LogP contribution in [0.5, 0.6) is 5.75 Å². The molecule has 1 saturated heterocycles. The van der Waals surface area contributed by atoms with Crippen molar-refractivity contribution in [3.8, 4) is 5.75 Å². The summed E-state index contributed by atoms with van der Waals surface area (Å²) in [5, 5.41) is 10.8. The third-order valence-corrected chi connectivity index (χ3v) is 4.46. The third kappa shape index (κ3) is 2.30. The van der Waals surface area contributed by atoms with Crippen LogP contribution in [-0.2, 0) is 9.31 Å². The van der Waals surface area contributed by atoms with Gasteiger partial charge in [-0.3, -0.25) is 4.98 Å². The average molecular weight is 285 g/mol. The van der Waals surface area contributed by atoms with Crippen molar-refractivity contribution >= 4 is 23.5 Å². The summed E-state index contributed by atoms with van der Waals surface area (Å²) in [6, 6.07) is 7.38. The molecule has 1 fully saturated rings. The van der Waals surface area contributed by atoms with Crippen LogP contribution < -0.4 is 5.46 Å². The summed E-state index contributed by atoms with van der Waals surface area (Å²) in [5.41, 5.74) is 1.71. The molecule has 0 amide bonds. The summed E-state index contributed by atoms with van der Waals surface area (Å²) >= 11 is 0. The summed E-state index contributed by atoms with van der Waals surface area (Å²) in [5.74, 6) is 0.232. The molecule has 2 aromatic rings. The van der Waals surface area contributed by atoms with Gasteiger partial charge in [0.2, 0.25) is 0 Å². The minimum absolute atomic E-state index is 0.232. The number of hydrogen-bond donors (Lipinski definition) is 1. The van der Waals surface area contributed by atoms with E-state index in [4.69, 9.17) is 9.31 Å². The molecule has 0 radical (unpaired) electrons. The Hall–Kier alpha value is -1.59. The van der Waals surface area contributed by atoms with Crippen LogP contribution in [-0.4, -0.2) is 28.4 Å². The fraction of sp³-hybridized carbons (Fsp3) is 0.438. The Kier molecular flexibility index (Phi) is 3.04. The van der Waals surface area contributed by atoms with Gasteiger partial charge < -0.3 is 14.4 Å². The first-order chi connectivity index (χ1) is 9.69. The average Bonchev–Trinajstić information content (AvgIpc) is 2.58. The zero-order valence-electron chi connectivity index (χ0n) is 13.1. The Morgan fingerprint density at radius 2 is 1.67 bits per heavy atom. The molecule has 1 aromatic heterocycles. The Balaban J connectivity index is 2.03. The lowest BCUT2D eigenvalue weighted by atomic mass is 9.78. The van der Waals surface area contributed by atoms with Crippen LogP contribution in [0.15, 0.2) is 24.3 Å². The molecule has 1 N–H and O–H groups in total. The normalized spacial score (nSPS) is 20.1. The van der Waals surface area contributed by atoms with E-state index >= 15 is 0 Å². The van der Waals surface area contributed by atoms with Gasteiger partial charge in [0.15, 0.2) is 0 Å². The Bertz CT molecular complexity index is 696. The molecule has 1 aliphatic rings. The maximum atomic E-state index is 10.1. The van der Waals surface area contributed by atoms with E-state index in [-0.39, 0.29) is 17.0 Å². The van der Waals surface area contributed by atoms with Gasteiger partial charge in [-0.2, -0.15) is 0 Å². The van der Waals surface area contributed by atoms with Crippen molar-refractivity contribution in [1.82, 2.24) is 4.98 Å². The molecule has 110 valence electrons. The molecule has 1 aromatic carbocycles. The summed E-state index contributed by atoms with van der Waals surface area (Å²) < 4.78 is 12.1. The van der Waals surface area contributed by atoms with Gasteiger partial charge in [0.1, 0.15) is 5.75 Å². The quantitative estimate of drug-likeness (QED) is 0.818. The van der Waals surface area contributed by atoms with E-state index in [1.54, 1.807) is 6.07 Å². The molecule has 3 rings (SSSR count). The number of rotatable bonds is 1. The van der Waals surface area contributed by atoms with Crippen LogP contribution in [0.4, 0.5) is 0 Å². The van der Waals surface area contributed by atoms with Crippen molar-refractivity contribution in [2.75, 3.05) is 0 Å². The first-order valence-electron chi connectivity index (χ1n) is 7.15. The predicted octanol–water partition coefficient (Wildman–Crippen LogP) is 2.55. The smallest absolute Gasteiger partial charge is 0.494 e. The highest BCUT2D eigenvalue weighted by molar-refractivity contribution is 6.62. The van der Waals surface area contributed by atoms with Crippen LogP contribution in [0.2, 0.25) is 0 Å². The van der Waals surface area contributed by atoms with Gasteiger partial charge >= 0.3 is 7.12 Å². The molecule has 0 atom stereocenters. The van der Waals surface area contributed by atoms with Gasteiger partial charge in [-0.05, 0) is 52.2 Å². The maximum absolute atomic E-state index is 10.1. The van der Waals surface area contributed by atoms with E-state index in [0.717, 1.165) is 16.7 Å². The lowest BCUT2D eigenvalue weighted by Crippen LogP contribution is -2.41. The van der Waals surface area contributed by atoms with Crippen LogP contribution in [0.25, 0.3) is 10.9 Å². The molecule has 0 saturated carbocycles. The second-order valence-corrected chi connectivity index (χ2v) is 6.65. The minimum atomic E-state index is -0.430. The SMILES string of the molecule is Cc1cc(O)c2cc(B3OC(C)(C)C(C)(C)O3)ccc2n1. The number of nitrogens with zero attached hydrogens (tertiary/aromatic N) is 1. The number of benzene rings is 1. The molecule has 0 aliphatic carbocycles. The van der Waals surface area contributed by atoms with Crippen LogP contribution in [0, 0.1) is 6.92 Å². The van der Waals surface area contributed by atoms with Crippen molar-refractivity contribution in [2.45, 2.75) is 45.8 Å². The molecule has 1 aliphatic heterocycles. The number of aromatic nitrogens is 1. The molecular weight excluding hydrogens is 265 g/mol. The predicted molar refractivity (Wildman–Crippen MR) is 83.9 cm³/mol. The zero-order chi connectivity index (χ0) is 15.4. The second kappa shape index (κ2) is 4.45. The van der Waals surface area contributed by atoms with E-state index in [1.807, 2.05) is 52.8 Å². The Morgan fingerprint density at radius 3 is 2.29 bits per heavy atom. The fourth-order valence-corrected chi connectivity index (χ4v) is 2.48. The van der Waals surface area contributed by atoms with E-state index < -0.39 is 7.12 Å². The lowest BCUT2D eigenvalue weighted by Gasteiger charge is -2.32. The lowest BCUT2D eigenvalue weighted by molar-refractivity contribution is 0.00578. The van der Waals surface area contributed by atoms with Gasteiger partial charge in [0.05, 0.1) is 16.7 Å². The fourth-order valence-electron chi connectivity index (χ4n) is 2.48. The van der Waals surface area contributed by atoms with Gasteiger partial charge in [-0.1, -0.05) is 6.07 Å². The van der Waals surface area contributed by atoms with Crippen LogP contribution in [0.3, 0.4) is 0 Å². The van der Waals surface area contributed by atoms with E-state index in [2.05, 4.69) is 4.98 Å². The summed E-state index contributed by atoms with van der Waals surface area (Å²) in [6.45, 7) is 9.96. The van der Waals surface area contributed by atoms with Crippen molar-refractivity contribution in [2.24, 2.45) is 0 Å². The molecule has 21 heavy (non-hydrogen) atoms. The Labute approximate surface area is 125 Å². The molecule has 0 bridgehead atoms. The summed E-state index contributed by atoms with van der Waals surface area (Å²) in [4.78, 5) is 4.42. The van der Waals surface area contributed by atoms with E-state index in [9.17, 15) is 5.11 Å².